The first-order valence-electron chi connectivity index (χ1n) is 6.02. The van der Waals surface area contributed by atoms with Gasteiger partial charge in [-0.15, -0.1) is 0 Å². The van der Waals surface area contributed by atoms with E-state index in [1.807, 2.05) is 0 Å². The molecule has 0 radical (unpaired) electrons. The second kappa shape index (κ2) is 5.18. The number of hydrogen-bond acceptors (Lipinski definition) is 2. The summed E-state index contributed by atoms with van der Waals surface area (Å²) in [5.74, 6) is -2.21. The van der Waals surface area contributed by atoms with Crippen LogP contribution in [0.1, 0.15) is 16.9 Å². The molecule has 8 heteroatoms. The zero-order valence-corrected chi connectivity index (χ0v) is 10.4. The summed E-state index contributed by atoms with van der Waals surface area (Å²) >= 11 is 0. The lowest BCUT2D eigenvalue weighted by molar-refractivity contribution is -0.141. The molecule has 1 unspecified atom stereocenters. The molecule has 1 aliphatic rings. The summed E-state index contributed by atoms with van der Waals surface area (Å²) in [7, 11) is 0. The molecule has 1 aromatic rings. The molecule has 1 aromatic heterocycles. The Hall–Kier alpha value is -1.99. The second-order valence-corrected chi connectivity index (χ2v) is 4.71. The number of likely N-dealkylation sites (tertiary alicyclic amines) is 1. The normalized spacial score (nSPS) is 19.4. The maximum absolute atomic E-state index is 12.4. The lowest BCUT2D eigenvalue weighted by Gasteiger charge is -2.18. The van der Waals surface area contributed by atoms with E-state index in [-0.39, 0.29) is 18.8 Å². The van der Waals surface area contributed by atoms with E-state index in [2.05, 4.69) is 0 Å². The molecule has 1 fully saturated rings. The maximum Gasteiger partial charge on any atom is 0.406 e. The lowest BCUT2D eigenvalue weighted by Crippen LogP contribution is -2.32. The van der Waals surface area contributed by atoms with Crippen molar-refractivity contribution >= 4 is 11.9 Å². The van der Waals surface area contributed by atoms with Crippen molar-refractivity contribution in [1.29, 1.82) is 0 Å². The molecule has 0 aliphatic carbocycles. The Morgan fingerprint density at radius 1 is 1.40 bits per heavy atom. The predicted molar refractivity (Wildman–Crippen MR) is 62.1 cm³/mol. The van der Waals surface area contributed by atoms with Gasteiger partial charge in [0.05, 0.1) is 5.92 Å². The summed E-state index contributed by atoms with van der Waals surface area (Å²) in [6.45, 7) is -0.963. The van der Waals surface area contributed by atoms with Crippen molar-refractivity contribution in [3.63, 3.8) is 0 Å². The van der Waals surface area contributed by atoms with E-state index in [1.165, 1.54) is 23.2 Å². The number of aromatic nitrogens is 1. The second-order valence-electron chi connectivity index (χ2n) is 4.71. The number of alkyl halides is 3. The van der Waals surface area contributed by atoms with Gasteiger partial charge in [0, 0.05) is 19.3 Å². The summed E-state index contributed by atoms with van der Waals surface area (Å²) < 4.78 is 38.0. The van der Waals surface area contributed by atoms with Gasteiger partial charge in [-0.25, -0.2) is 0 Å². The fourth-order valence-corrected chi connectivity index (χ4v) is 2.25. The smallest absolute Gasteiger partial charge is 0.406 e. The van der Waals surface area contributed by atoms with Gasteiger partial charge in [0.15, 0.2) is 0 Å². The van der Waals surface area contributed by atoms with E-state index < -0.39 is 30.5 Å². The molecule has 1 atom stereocenters. The first kappa shape index (κ1) is 14.4. The summed E-state index contributed by atoms with van der Waals surface area (Å²) in [5, 5.41) is 8.86. The summed E-state index contributed by atoms with van der Waals surface area (Å²) in [6.07, 6.45) is -2.91. The Bertz CT molecular complexity index is 524. The molecule has 0 bridgehead atoms. The SMILES string of the molecule is O=C(O)C1CCN(C(=O)c2cccn2CC(F)(F)F)C1. The largest absolute Gasteiger partial charge is 0.481 e. The van der Waals surface area contributed by atoms with Crippen LogP contribution in [-0.4, -0.2) is 45.7 Å². The monoisotopic (exact) mass is 290 g/mol. The predicted octanol–water partition coefficient (Wildman–Crippen LogP) is 1.60. The summed E-state index contributed by atoms with van der Waals surface area (Å²) in [6, 6.07) is 2.67. The number of nitrogens with zero attached hydrogens (tertiary/aromatic N) is 2. The van der Waals surface area contributed by atoms with Gasteiger partial charge in [-0.2, -0.15) is 13.2 Å². The Balaban J connectivity index is 2.11. The van der Waals surface area contributed by atoms with Crippen molar-refractivity contribution in [3.05, 3.63) is 24.0 Å². The number of hydrogen-bond donors (Lipinski definition) is 1. The average Bonchev–Trinajstić information content (AvgIpc) is 2.93. The van der Waals surface area contributed by atoms with Gasteiger partial charge in [-0.05, 0) is 18.6 Å². The third-order valence-electron chi connectivity index (χ3n) is 3.22. The van der Waals surface area contributed by atoms with Crippen LogP contribution in [0, 0.1) is 5.92 Å². The first-order chi connectivity index (χ1) is 9.28. The van der Waals surface area contributed by atoms with Gasteiger partial charge in [0.2, 0.25) is 0 Å². The van der Waals surface area contributed by atoms with E-state index in [9.17, 15) is 22.8 Å². The summed E-state index contributed by atoms with van der Waals surface area (Å²) in [5.41, 5.74) is -0.0756. The van der Waals surface area contributed by atoms with Crippen LogP contribution in [0.3, 0.4) is 0 Å². The van der Waals surface area contributed by atoms with Gasteiger partial charge in [0.25, 0.3) is 5.91 Å². The number of carboxylic acids is 1. The van der Waals surface area contributed by atoms with E-state index in [0.717, 1.165) is 4.57 Å². The molecular formula is C12H13F3N2O3. The van der Waals surface area contributed by atoms with Crippen LogP contribution in [0.2, 0.25) is 0 Å². The highest BCUT2D eigenvalue weighted by Crippen LogP contribution is 2.22. The molecule has 5 nitrogen and oxygen atoms in total. The highest BCUT2D eigenvalue weighted by Gasteiger charge is 2.34. The molecule has 0 aromatic carbocycles. The molecule has 1 amide bonds. The number of amides is 1. The van der Waals surface area contributed by atoms with Crippen LogP contribution in [0.15, 0.2) is 18.3 Å². The number of rotatable bonds is 3. The molecule has 0 saturated carbocycles. The zero-order valence-electron chi connectivity index (χ0n) is 10.4. The van der Waals surface area contributed by atoms with Crippen LogP contribution in [0.4, 0.5) is 13.2 Å². The molecule has 1 aliphatic heterocycles. The molecule has 0 spiro atoms. The van der Waals surface area contributed by atoms with Crippen LogP contribution >= 0.6 is 0 Å². The van der Waals surface area contributed by atoms with Crippen molar-refractivity contribution in [1.82, 2.24) is 9.47 Å². The number of carboxylic acid groups (broad SMARTS) is 1. The van der Waals surface area contributed by atoms with Gasteiger partial charge >= 0.3 is 12.1 Å². The zero-order chi connectivity index (χ0) is 14.9. The molecule has 110 valence electrons. The van der Waals surface area contributed by atoms with E-state index >= 15 is 0 Å². The topological polar surface area (TPSA) is 62.5 Å². The Morgan fingerprint density at radius 3 is 2.65 bits per heavy atom. The highest BCUT2D eigenvalue weighted by molar-refractivity contribution is 5.93. The van der Waals surface area contributed by atoms with E-state index in [0.29, 0.717) is 6.42 Å². The van der Waals surface area contributed by atoms with Gasteiger partial charge in [0.1, 0.15) is 12.2 Å². The minimum Gasteiger partial charge on any atom is -0.481 e. The van der Waals surface area contributed by atoms with Crippen LogP contribution < -0.4 is 0 Å². The van der Waals surface area contributed by atoms with Gasteiger partial charge in [-0.3, -0.25) is 9.59 Å². The van der Waals surface area contributed by atoms with Gasteiger partial charge < -0.3 is 14.6 Å². The summed E-state index contributed by atoms with van der Waals surface area (Å²) in [4.78, 5) is 24.2. The molecule has 20 heavy (non-hydrogen) atoms. The molecular weight excluding hydrogens is 277 g/mol. The fraction of sp³-hybridized carbons (Fsp3) is 0.500. The fourth-order valence-electron chi connectivity index (χ4n) is 2.25. The van der Waals surface area contributed by atoms with Crippen LogP contribution in [-0.2, 0) is 11.3 Å². The lowest BCUT2D eigenvalue weighted by atomic mass is 10.1. The van der Waals surface area contributed by atoms with Crippen molar-refractivity contribution in [2.24, 2.45) is 5.92 Å². The minimum atomic E-state index is -4.41. The van der Waals surface area contributed by atoms with Crippen molar-refractivity contribution < 1.29 is 27.9 Å². The van der Waals surface area contributed by atoms with Crippen LogP contribution in [0.5, 0.6) is 0 Å². The van der Waals surface area contributed by atoms with Crippen molar-refractivity contribution in [2.75, 3.05) is 13.1 Å². The number of carbonyl (C=O) groups is 2. The van der Waals surface area contributed by atoms with Crippen molar-refractivity contribution in [3.8, 4) is 0 Å². The third-order valence-corrected chi connectivity index (χ3v) is 3.22. The Kier molecular flexibility index (Phi) is 3.74. The van der Waals surface area contributed by atoms with E-state index in [4.69, 9.17) is 5.11 Å². The van der Waals surface area contributed by atoms with Crippen LogP contribution in [0.25, 0.3) is 0 Å². The van der Waals surface area contributed by atoms with Crippen molar-refractivity contribution in [2.45, 2.75) is 19.1 Å². The maximum atomic E-state index is 12.4. The molecule has 2 rings (SSSR count). The van der Waals surface area contributed by atoms with E-state index in [1.54, 1.807) is 0 Å². The first-order valence-corrected chi connectivity index (χ1v) is 6.02. The number of aliphatic carboxylic acids is 1. The molecule has 2 heterocycles. The average molecular weight is 290 g/mol. The van der Waals surface area contributed by atoms with Gasteiger partial charge in [-0.1, -0.05) is 0 Å². The number of halogens is 3. The quantitative estimate of drug-likeness (QED) is 0.919. The molecule has 1 saturated heterocycles. The standard InChI is InChI=1S/C12H13F3N2O3/c13-12(14,15)7-17-4-1-2-9(17)10(18)16-5-3-8(6-16)11(19)20/h1-2,4,8H,3,5-7H2,(H,19,20). The molecule has 1 N–H and O–H groups in total. The Labute approximate surface area is 112 Å². The minimum absolute atomic E-state index is 0.0331. The highest BCUT2D eigenvalue weighted by atomic mass is 19.4. The third kappa shape index (κ3) is 3.12. The number of carbonyl (C=O) groups excluding carboxylic acids is 1. The Morgan fingerprint density at radius 2 is 2.10 bits per heavy atom.